The molecular weight excluding hydrogens is 515 g/mol. The molecule has 2 atom stereocenters. The van der Waals surface area contributed by atoms with Crippen molar-refractivity contribution in [3.05, 3.63) is 97.5 Å². The molecule has 27 heavy (non-hydrogen) atoms. The fraction of sp³-hybridized carbons (Fsp3) is 0.136. The van der Waals surface area contributed by atoms with Crippen molar-refractivity contribution in [2.24, 2.45) is 5.10 Å². The molecule has 0 amide bonds. The van der Waals surface area contributed by atoms with Crippen molar-refractivity contribution in [3.63, 3.8) is 0 Å². The van der Waals surface area contributed by atoms with Crippen LogP contribution in [-0.2, 0) is 0 Å². The summed E-state index contributed by atoms with van der Waals surface area (Å²) in [6.45, 7) is 0. The second-order valence-corrected chi connectivity index (χ2v) is 8.88. The van der Waals surface area contributed by atoms with Crippen molar-refractivity contribution in [2.45, 2.75) is 18.7 Å². The first kappa shape index (κ1) is 17.3. The zero-order valence-electron chi connectivity index (χ0n) is 14.3. The highest BCUT2D eigenvalue weighted by Gasteiger charge is 2.40. The minimum absolute atomic E-state index is 0.182. The maximum absolute atomic E-state index is 6.40. The average Bonchev–Trinajstić information content (AvgIpc) is 3.14. The fourth-order valence-electron chi connectivity index (χ4n) is 3.71. The van der Waals surface area contributed by atoms with Gasteiger partial charge in [0, 0.05) is 25.6 Å². The molecule has 2 aliphatic rings. The summed E-state index contributed by atoms with van der Waals surface area (Å²) in [6.07, 6.45) is 0.654. The standard InChI is InChI=1S/C22H16BrIN2O/c23-16-8-11-18-20-13-19(14-6-9-17(24)10-7-14)25-26(20)22(27-21(18)12-16)15-4-2-1-3-5-15/h1-12,20,22H,13H2. The topological polar surface area (TPSA) is 24.8 Å². The smallest absolute Gasteiger partial charge is 0.213 e. The van der Waals surface area contributed by atoms with Gasteiger partial charge in [0.05, 0.1) is 11.8 Å². The minimum atomic E-state index is -0.223. The van der Waals surface area contributed by atoms with Gasteiger partial charge in [0.15, 0.2) is 0 Å². The molecule has 5 heteroatoms. The van der Waals surface area contributed by atoms with E-state index in [0.29, 0.717) is 0 Å². The van der Waals surface area contributed by atoms with Gasteiger partial charge in [0.25, 0.3) is 0 Å². The Morgan fingerprint density at radius 1 is 1.00 bits per heavy atom. The number of fused-ring (bicyclic) bond motifs is 3. The first-order chi connectivity index (χ1) is 13.2. The summed E-state index contributed by atoms with van der Waals surface area (Å²) in [5.74, 6) is 0.929. The molecule has 3 aromatic rings. The van der Waals surface area contributed by atoms with Crippen molar-refractivity contribution < 1.29 is 4.74 Å². The van der Waals surface area contributed by atoms with Crippen molar-refractivity contribution in [1.82, 2.24) is 5.01 Å². The molecule has 0 spiro atoms. The maximum Gasteiger partial charge on any atom is 0.213 e. The molecule has 2 unspecified atom stereocenters. The van der Waals surface area contributed by atoms with Gasteiger partial charge in [0.2, 0.25) is 6.23 Å². The average molecular weight is 531 g/mol. The predicted octanol–water partition coefficient (Wildman–Crippen LogP) is 6.30. The number of hydrazone groups is 1. The summed E-state index contributed by atoms with van der Waals surface area (Å²) >= 11 is 5.90. The van der Waals surface area contributed by atoms with Gasteiger partial charge < -0.3 is 4.74 Å². The number of ether oxygens (including phenoxy) is 1. The van der Waals surface area contributed by atoms with Gasteiger partial charge in [-0.05, 0) is 52.4 Å². The van der Waals surface area contributed by atoms with E-state index in [9.17, 15) is 0 Å². The van der Waals surface area contributed by atoms with Crippen molar-refractivity contribution in [1.29, 1.82) is 0 Å². The van der Waals surface area contributed by atoms with E-state index in [1.54, 1.807) is 0 Å². The van der Waals surface area contributed by atoms with Crippen LogP contribution < -0.4 is 4.74 Å². The van der Waals surface area contributed by atoms with Gasteiger partial charge in [-0.3, -0.25) is 0 Å². The summed E-state index contributed by atoms with van der Waals surface area (Å²) in [7, 11) is 0. The van der Waals surface area contributed by atoms with E-state index < -0.39 is 0 Å². The van der Waals surface area contributed by atoms with E-state index in [2.05, 4.69) is 98.1 Å². The minimum Gasteiger partial charge on any atom is -0.464 e. The van der Waals surface area contributed by atoms with E-state index in [4.69, 9.17) is 9.84 Å². The Hall–Kier alpha value is -1.86. The molecule has 3 nitrogen and oxygen atoms in total. The lowest BCUT2D eigenvalue weighted by Crippen LogP contribution is -2.33. The van der Waals surface area contributed by atoms with Crippen LogP contribution in [-0.4, -0.2) is 10.7 Å². The predicted molar refractivity (Wildman–Crippen MR) is 119 cm³/mol. The molecule has 2 heterocycles. The monoisotopic (exact) mass is 530 g/mol. The summed E-state index contributed by atoms with van der Waals surface area (Å²) in [4.78, 5) is 0. The number of benzene rings is 3. The summed E-state index contributed by atoms with van der Waals surface area (Å²) in [5.41, 5.74) is 4.59. The summed E-state index contributed by atoms with van der Waals surface area (Å²) < 4.78 is 8.66. The number of hydrogen-bond donors (Lipinski definition) is 0. The van der Waals surface area contributed by atoms with Crippen LogP contribution in [0.5, 0.6) is 5.75 Å². The quantitative estimate of drug-likeness (QED) is 0.363. The van der Waals surface area contributed by atoms with Crippen LogP contribution >= 0.6 is 38.5 Å². The Kier molecular flexibility index (Phi) is 4.44. The van der Waals surface area contributed by atoms with Crippen molar-refractivity contribution in [2.75, 3.05) is 0 Å². The highest BCUT2D eigenvalue weighted by Crippen LogP contribution is 2.48. The van der Waals surface area contributed by atoms with E-state index in [1.165, 1.54) is 14.7 Å². The molecule has 0 saturated carbocycles. The first-order valence-corrected chi connectivity index (χ1v) is 10.7. The molecule has 5 rings (SSSR count). The van der Waals surface area contributed by atoms with Crippen LogP contribution in [0.4, 0.5) is 0 Å². The summed E-state index contributed by atoms with van der Waals surface area (Å²) in [5, 5.41) is 7.12. The molecule has 3 aromatic carbocycles. The van der Waals surface area contributed by atoms with E-state index in [1.807, 2.05) is 18.2 Å². The van der Waals surface area contributed by atoms with Gasteiger partial charge in [-0.1, -0.05) is 64.5 Å². The normalized spacial score (nSPS) is 20.5. The number of hydrogen-bond acceptors (Lipinski definition) is 3. The van der Waals surface area contributed by atoms with E-state index in [0.717, 1.165) is 27.9 Å². The molecule has 2 aliphatic heterocycles. The van der Waals surface area contributed by atoms with Gasteiger partial charge in [-0.25, -0.2) is 5.01 Å². The SMILES string of the molecule is Brc1ccc2c(c1)OC(c1ccccc1)N1N=C(c3ccc(I)cc3)CC21. The third kappa shape index (κ3) is 3.17. The molecule has 0 saturated heterocycles. The zero-order valence-corrected chi connectivity index (χ0v) is 18.1. The van der Waals surface area contributed by atoms with Crippen LogP contribution in [0.2, 0.25) is 0 Å². The highest BCUT2D eigenvalue weighted by atomic mass is 127. The Bertz CT molecular complexity index is 1020. The fourth-order valence-corrected chi connectivity index (χ4v) is 4.41. The van der Waals surface area contributed by atoms with E-state index in [-0.39, 0.29) is 12.3 Å². The second kappa shape index (κ2) is 6.95. The number of nitrogens with zero attached hydrogens (tertiary/aromatic N) is 2. The molecule has 0 fully saturated rings. The molecule has 0 bridgehead atoms. The molecule has 0 aromatic heterocycles. The lowest BCUT2D eigenvalue weighted by atomic mass is 9.96. The lowest BCUT2D eigenvalue weighted by molar-refractivity contribution is -0.0190. The Morgan fingerprint density at radius 3 is 2.56 bits per heavy atom. The summed E-state index contributed by atoms with van der Waals surface area (Å²) in [6, 6.07) is 25.3. The number of rotatable bonds is 2. The van der Waals surface area contributed by atoms with Crippen molar-refractivity contribution >= 4 is 44.2 Å². The second-order valence-electron chi connectivity index (χ2n) is 6.72. The lowest BCUT2D eigenvalue weighted by Gasteiger charge is -2.38. The Labute approximate surface area is 180 Å². The molecule has 134 valence electrons. The number of halogens is 2. The van der Waals surface area contributed by atoms with Gasteiger partial charge in [-0.15, -0.1) is 0 Å². The molecular formula is C22H16BrIN2O. The Morgan fingerprint density at radius 2 is 1.78 bits per heavy atom. The zero-order chi connectivity index (χ0) is 18.4. The van der Waals surface area contributed by atoms with E-state index >= 15 is 0 Å². The van der Waals surface area contributed by atoms with Crippen LogP contribution in [0.25, 0.3) is 0 Å². The molecule has 0 N–H and O–H groups in total. The Balaban J connectivity index is 1.60. The van der Waals surface area contributed by atoms with Crippen LogP contribution in [0, 0.1) is 3.57 Å². The first-order valence-electron chi connectivity index (χ1n) is 8.82. The van der Waals surface area contributed by atoms with Gasteiger partial charge >= 0.3 is 0 Å². The largest absolute Gasteiger partial charge is 0.464 e. The van der Waals surface area contributed by atoms with Crippen LogP contribution in [0.1, 0.15) is 35.4 Å². The van der Waals surface area contributed by atoms with Gasteiger partial charge in [-0.2, -0.15) is 5.10 Å². The molecule has 0 radical (unpaired) electrons. The highest BCUT2D eigenvalue weighted by molar-refractivity contribution is 14.1. The maximum atomic E-state index is 6.40. The molecule has 0 aliphatic carbocycles. The third-order valence-electron chi connectivity index (χ3n) is 5.02. The van der Waals surface area contributed by atoms with Crippen LogP contribution in [0.3, 0.4) is 0 Å². The van der Waals surface area contributed by atoms with Crippen LogP contribution in [0.15, 0.2) is 82.4 Å². The van der Waals surface area contributed by atoms with Crippen molar-refractivity contribution in [3.8, 4) is 5.75 Å². The third-order valence-corrected chi connectivity index (χ3v) is 6.23. The van der Waals surface area contributed by atoms with Gasteiger partial charge in [0.1, 0.15) is 5.75 Å².